The van der Waals surface area contributed by atoms with E-state index in [4.69, 9.17) is 16.3 Å². The number of likely N-dealkylation sites (N-methyl/N-ethyl adjacent to an activating group) is 1. The molecule has 1 atom stereocenters. The Balaban J connectivity index is 1.58. The Morgan fingerprint density at radius 1 is 1.07 bits per heavy atom. The SMILES string of the molecule is Cc1ccc([C@@H](CNC(=O)COc2ccc(Cl)cc2)N2CCN(C)CC2)cc1. The molecule has 1 aliphatic heterocycles. The van der Waals surface area contributed by atoms with E-state index in [0.717, 1.165) is 26.2 Å². The molecule has 6 heteroatoms. The van der Waals surface area contributed by atoms with Gasteiger partial charge >= 0.3 is 0 Å². The number of halogens is 1. The third kappa shape index (κ3) is 5.96. The van der Waals surface area contributed by atoms with E-state index in [1.807, 2.05) is 0 Å². The van der Waals surface area contributed by atoms with Gasteiger partial charge in [-0.3, -0.25) is 9.69 Å². The van der Waals surface area contributed by atoms with Crippen LogP contribution in [0.2, 0.25) is 5.02 Å². The lowest BCUT2D eigenvalue weighted by molar-refractivity contribution is -0.123. The topological polar surface area (TPSA) is 44.8 Å². The molecular weight excluding hydrogens is 374 g/mol. The van der Waals surface area contributed by atoms with E-state index in [0.29, 0.717) is 17.3 Å². The summed E-state index contributed by atoms with van der Waals surface area (Å²) in [6.45, 7) is 6.70. The summed E-state index contributed by atoms with van der Waals surface area (Å²) in [5, 5.41) is 3.68. The van der Waals surface area contributed by atoms with Crippen molar-refractivity contribution in [2.75, 3.05) is 46.4 Å². The number of hydrogen-bond acceptors (Lipinski definition) is 4. The van der Waals surface area contributed by atoms with Gasteiger partial charge in [-0.25, -0.2) is 0 Å². The van der Waals surface area contributed by atoms with Crippen LogP contribution in [-0.4, -0.2) is 62.1 Å². The van der Waals surface area contributed by atoms with Crippen molar-refractivity contribution in [2.24, 2.45) is 0 Å². The lowest BCUT2D eigenvalue weighted by Crippen LogP contribution is -2.48. The third-order valence-corrected chi connectivity index (χ3v) is 5.37. The van der Waals surface area contributed by atoms with Gasteiger partial charge in [0, 0.05) is 37.7 Å². The molecule has 0 spiro atoms. The van der Waals surface area contributed by atoms with Crippen LogP contribution in [0.25, 0.3) is 0 Å². The van der Waals surface area contributed by atoms with Crippen molar-refractivity contribution in [3.8, 4) is 5.75 Å². The first-order valence-corrected chi connectivity index (χ1v) is 10.0. The molecule has 3 rings (SSSR count). The maximum Gasteiger partial charge on any atom is 0.258 e. The zero-order chi connectivity index (χ0) is 19.9. The Bertz CT molecular complexity index is 756. The van der Waals surface area contributed by atoms with Gasteiger partial charge in [0.25, 0.3) is 5.91 Å². The Morgan fingerprint density at radius 2 is 1.71 bits per heavy atom. The van der Waals surface area contributed by atoms with Gasteiger partial charge in [0.2, 0.25) is 0 Å². The predicted molar refractivity (Wildman–Crippen MR) is 113 cm³/mol. The second-order valence-electron chi connectivity index (χ2n) is 7.31. The smallest absolute Gasteiger partial charge is 0.258 e. The number of rotatable bonds is 7. The first kappa shape index (κ1) is 20.6. The minimum atomic E-state index is -0.124. The molecule has 0 aliphatic carbocycles. The second kappa shape index (κ2) is 9.92. The van der Waals surface area contributed by atoms with Gasteiger partial charge in [-0.2, -0.15) is 0 Å². The van der Waals surface area contributed by atoms with Crippen LogP contribution in [0.15, 0.2) is 48.5 Å². The van der Waals surface area contributed by atoms with Crippen LogP contribution < -0.4 is 10.1 Å². The second-order valence-corrected chi connectivity index (χ2v) is 7.75. The monoisotopic (exact) mass is 401 g/mol. The minimum Gasteiger partial charge on any atom is -0.484 e. The predicted octanol–water partition coefficient (Wildman–Crippen LogP) is 3.13. The standard InChI is InChI=1S/C22H28ClN3O2/c1-17-3-5-18(6-4-17)21(26-13-11-25(2)12-14-26)15-24-22(27)16-28-20-9-7-19(23)8-10-20/h3-10,21H,11-16H2,1-2H3,(H,24,27)/t21-/m1/s1. The molecule has 2 aromatic rings. The number of amides is 1. The number of ether oxygens (including phenoxy) is 1. The molecular formula is C22H28ClN3O2. The van der Waals surface area contributed by atoms with Crippen molar-refractivity contribution < 1.29 is 9.53 Å². The third-order valence-electron chi connectivity index (χ3n) is 5.12. The number of carbonyl (C=O) groups excluding carboxylic acids is 1. The van der Waals surface area contributed by atoms with Crippen LogP contribution in [0.5, 0.6) is 5.75 Å². The van der Waals surface area contributed by atoms with Gasteiger partial charge in [-0.05, 0) is 43.8 Å². The molecule has 5 nitrogen and oxygen atoms in total. The minimum absolute atomic E-state index is 0.00894. The number of hydrogen-bond donors (Lipinski definition) is 1. The number of aryl methyl sites for hydroxylation is 1. The maximum atomic E-state index is 12.3. The van der Waals surface area contributed by atoms with E-state index in [1.165, 1.54) is 11.1 Å². The van der Waals surface area contributed by atoms with Crippen LogP contribution >= 0.6 is 11.6 Å². The highest BCUT2D eigenvalue weighted by Gasteiger charge is 2.24. The van der Waals surface area contributed by atoms with Crippen LogP contribution in [0, 0.1) is 6.92 Å². The van der Waals surface area contributed by atoms with Gasteiger partial charge in [-0.1, -0.05) is 41.4 Å². The fraction of sp³-hybridized carbons (Fsp3) is 0.409. The number of piperazine rings is 1. The Kier molecular flexibility index (Phi) is 7.31. The van der Waals surface area contributed by atoms with Crippen LogP contribution in [0.3, 0.4) is 0 Å². The van der Waals surface area contributed by atoms with Crippen molar-refractivity contribution in [2.45, 2.75) is 13.0 Å². The van der Waals surface area contributed by atoms with E-state index < -0.39 is 0 Å². The fourth-order valence-corrected chi connectivity index (χ4v) is 3.45. The number of nitrogens with zero attached hydrogens (tertiary/aromatic N) is 2. The highest BCUT2D eigenvalue weighted by molar-refractivity contribution is 6.30. The summed E-state index contributed by atoms with van der Waals surface area (Å²) >= 11 is 5.87. The van der Waals surface area contributed by atoms with Crippen LogP contribution in [0.4, 0.5) is 0 Å². The molecule has 1 fully saturated rings. The molecule has 1 amide bonds. The molecule has 150 valence electrons. The van der Waals surface area contributed by atoms with Crippen molar-refractivity contribution in [1.82, 2.24) is 15.1 Å². The highest BCUT2D eigenvalue weighted by atomic mass is 35.5. The van der Waals surface area contributed by atoms with Gasteiger partial charge < -0.3 is 15.0 Å². The summed E-state index contributed by atoms with van der Waals surface area (Å²) in [5.74, 6) is 0.509. The zero-order valence-corrected chi connectivity index (χ0v) is 17.3. The molecule has 0 radical (unpaired) electrons. The highest BCUT2D eigenvalue weighted by Crippen LogP contribution is 2.22. The lowest BCUT2D eigenvalue weighted by Gasteiger charge is -2.38. The molecule has 1 heterocycles. The van der Waals surface area contributed by atoms with Gasteiger partial charge in [0.05, 0.1) is 6.04 Å². The summed E-state index contributed by atoms with van der Waals surface area (Å²) in [7, 11) is 2.15. The van der Waals surface area contributed by atoms with Gasteiger partial charge in [-0.15, -0.1) is 0 Å². The summed E-state index contributed by atoms with van der Waals surface area (Å²) < 4.78 is 5.55. The molecule has 1 aliphatic rings. The zero-order valence-electron chi connectivity index (χ0n) is 16.5. The Labute approximate surface area is 172 Å². The Morgan fingerprint density at radius 3 is 2.36 bits per heavy atom. The normalized spacial score (nSPS) is 16.5. The number of carbonyl (C=O) groups is 1. The molecule has 2 aromatic carbocycles. The molecule has 0 saturated carbocycles. The summed E-state index contributed by atoms with van der Waals surface area (Å²) in [4.78, 5) is 17.1. The van der Waals surface area contributed by atoms with E-state index in [-0.39, 0.29) is 18.6 Å². The van der Waals surface area contributed by atoms with Crippen molar-refractivity contribution in [3.63, 3.8) is 0 Å². The quantitative estimate of drug-likeness (QED) is 0.774. The van der Waals surface area contributed by atoms with Crippen molar-refractivity contribution in [3.05, 3.63) is 64.7 Å². The fourth-order valence-electron chi connectivity index (χ4n) is 3.32. The molecule has 1 N–H and O–H groups in total. The number of benzene rings is 2. The van der Waals surface area contributed by atoms with E-state index >= 15 is 0 Å². The van der Waals surface area contributed by atoms with E-state index in [2.05, 4.69) is 53.4 Å². The molecule has 0 bridgehead atoms. The van der Waals surface area contributed by atoms with E-state index in [1.54, 1.807) is 24.3 Å². The number of nitrogens with one attached hydrogen (secondary N) is 1. The van der Waals surface area contributed by atoms with Crippen molar-refractivity contribution in [1.29, 1.82) is 0 Å². The summed E-state index contributed by atoms with van der Waals surface area (Å²) in [6, 6.07) is 15.8. The van der Waals surface area contributed by atoms with Gasteiger partial charge in [0.1, 0.15) is 5.75 Å². The van der Waals surface area contributed by atoms with Crippen LogP contribution in [0.1, 0.15) is 17.2 Å². The molecule has 1 saturated heterocycles. The molecule has 28 heavy (non-hydrogen) atoms. The first-order chi connectivity index (χ1) is 13.5. The van der Waals surface area contributed by atoms with E-state index in [9.17, 15) is 4.79 Å². The molecule has 0 aromatic heterocycles. The average Bonchev–Trinajstić information content (AvgIpc) is 2.70. The largest absolute Gasteiger partial charge is 0.484 e. The first-order valence-electron chi connectivity index (χ1n) is 9.65. The van der Waals surface area contributed by atoms with Gasteiger partial charge in [0.15, 0.2) is 6.61 Å². The lowest BCUT2D eigenvalue weighted by atomic mass is 10.0. The van der Waals surface area contributed by atoms with Crippen molar-refractivity contribution >= 4 is 17.5 Å². The molecule has 0 unspecified atom stereocenters. The summed E-state index contributed by atoms with van der Waals surface area (Å²) in [6.07, 6.45) is 0. The maximum absolute atomic E-state index is 12.3. The Hall–Kier alpha value is -2.08. The van der Waals surface area contributed by atoms with Crippen LogP contribution in [-0.2, 0) is 4.79 Å². The summed E-state index contributed by atoms with van der Waals surface area (Å²) in [5.41, 5.74) is 2.47. The average molecular weight is 402 g/mol.